The Morgan fingerprint density at radius 2 is 2.16 bits per heavy atom. The van der Waals surface area contributed by atoms with E-state index in [-0.39, 0.29) is 17.4 Å². The molecule has 0 bridgehead atoms. The molecule has 1 fully saturated rings. The molecule has 4 nitrogen and oxygen atoms in total. The van der Waals surface area contributed by atoms with Crippen molar-refractivity contribution in [1.29, 1.82) is 0 Å². The molecule has 3 N–H and O–H groups in total. The Labute approximate surface area is 114 Å². The average Bonchev–Trinajstić information content (AvgIpc) is 2.76. The lowest BCUT2D eigenvalue weighted by Gasteiger charge is -2.24. The minimum absolute atomic E-state index is 0.0809. The van der Waals surface area contributed by atoms with Gasteiger partial charge in [-0.3, -0.25) is 4.79 Å². The Hall–Kier alpha value is -1.55. The van der Waals surface area contributed by atoms with Gasteiger partial charge in [-0.05, 0) is 37.0 Å². The summed E-state index contributed by atoms with van der Waals surface area (Å²) >= 11 is 0. The van der Waals surface area contributed by atoms with Gasteiger partial charge in [0.25, 0.3) is 0 Å². The molecular weight excluding hydrogens is 240 g/mol. The maximum absolute atomic E-state index is 12.1. The molecule has 19 heavy (non-hydrogen) atoms. The summed E-state index contributed by atoms with van der Waals surface area (Å²) in [5.41, 5.74) is 7.35. The number of ether oxygens (including phenoxy) is 1. The normalized spacial score (nSPS) is 24.1. The number of rotatable bonds is 4. The van der Waals surface area contributed by atoms with E-state index in [4.69, 9.17) is 10.5 Å². The number of nitrogens with two attached hydrogens (primary N) is 1. The van der Waals surface area contributed by atoms with Crippen LogP contribution in [0.25, 0.3) is 0 Å². The van der Waals surface area contributed by atoms with E-state index in [1.54, 1.807) is 0 Å². The van der Waals surface area contributed by atoms with Crippen molar-refractivity contribution in [2.45, 2.75) is 38.1 Å². The lowest BCUT2D eigenvalue weighted by atomic mass is 9.95. The van der Waals surface area contributed by atoms with Gasteiger partial charge in [-0.25, -0.2) is 0 Å². The lowest BCUT2D eigenvalue weighted by molar-refractivity contribution is -0.123. The van der Waals surface area contributed by atoms with Crippen molar-refractivity contribution in [3.05, 3.63) is 29.8 Å². The predicted molar refractivity (Wildman–Crippen MR) is 75.9 cm³/mol. The third kappa shape index (κ3) is 3.70. The predicted octanol–water partition coefficient (Wildman–Crippen LogP) is 2.06. The maximum Gasteiger partial charge on any atom is 0.221 e. The monoisotopic (exact) mass is 262 g/mol. The van der Waals surface area contributed by atoms with Crippen molar-refractivity contribution in [2.75, 3.05) is 18.9 Å². The van der Waals surface area contributed by atoms with Gasteiger partial charge in [-0.1, -0.05) is 19.1 Å². The number of nitrogen functional groups attached to an aromatic ring is 1. The van der Waals surface area contributed by atoms with Gasteiger partial charge >= 0.3 is 0 Å². The standard InChI is InChI=1S/C15H22N2O2/c1-11(12-3-5-13(16)6-4-12)9-14(18)17-15(2)7-8-19-10-15/h3-6,11H,7-10,16H2,1-2H3,(H,17,18). The van der Waals surface area contributed by atoms with Gasteiger partial charge in [-0.2, -0.15) is 0 Å². The van der Waals surface area contributed by atoms with Gasteiger partial charge in [0.2, 0.25) is 5.91 Å². The summed E-state index contributed by atoms with van der Waals surface area (Å²) in [6.45, 7) is 5.42. The van der Waals surface area contributed by atoms with Crippen LogP contribution < -0.4 is 11.1 Å². The summed E-state index contributed by atoms with van der Waals surface area (Å²) in [7, 11) is 0. The van der Waals surface area contributed by atoms with Crippen LogP contribution in [0.3, 0.4) is 0 Å². The van der Waals surface area contributed by atoms with Crippen molar-refractivity contribution in [3.8, 4) is 0 Å². The molecule has 2 unspecified atom stereocenters. The molecule has 2 atom stereocenters. The van der Waals surface area contributed by atoms with Crippen LogP contribution in [0.1, 0.15) is 38.2 Å². The molecule has 1 aromatic rings. The summed E-state index contributed by atoms with van der Waals surface area (Å²) in [5, 5.41) is 3.08. The third-order valence-corrected chi connectivity index (χ3v) is 3.66. The molecule has 4 heteroatoms. The van der Waals surface area contributed by atoms with Crippen LogP contribution >= 0.6 is 0 Å². The van der Waals surface area contributed by atoms with Crippen molar-refractivity contribution in [1.82, 2.24) is 5.32 Å². The SMILES string of the molecule is CC(CC(=O)NC1(C)CCOC1)c1ccc(N)cc1. The van der Waals surface area contributed by atoms with Crippen LogP contribution in [0, 0.1) is 0 Å². The van der Waals surface area contributed by atoms with Crippen molar-refractivity contribution < 1.29 is 9.53 Å². The zero-order chi connectivity index (χ0) is 13.9. The van der Waals surface area contributed by atoms with Crippen molar-refractivity contribution in [3.63, 3.8) is 0 Å². The number of benzene rings is 1. The van der Waals surface area contributed by atoms with E-state index >= 15 is 0 Å². The van der Waals surface area contributed by atoms with Crippen molar-refractivity contribution in [2.24, 2.45) is 0 Å². The number of nitrogens with one attached hydrogen (secondary N) is 1. The van der Waals surface area contributed by atoms with Crippen LogP contribution in [-0.2, 0) is 9.53 Å². The molecule has 1 aliphatic heterocycles. The van der Waals surface area contributed by atoms with Crippen LogP contribution in [0.2, 0.25) is 0 Å². The molecule has 2 rings (SSSR count). The Kier molecular flexibility index (Phi) is 4.10. The second kappa shape index (κ2) is 5.61. The van der Waals surface area contributed by atoms with E-state index in [0.717, 1.165) is 24.3 Å². The van der Waals surface area contributed by atoms with Gasteiger partial charge in [0, 0.05) is 18.7 Å². The maximum atomic E-state index is 12.1. The highest BCUT2D eigenvalue weighted by Crippen LogP contribution is 2.22. The lowest BCUT2D eigenvalue weighted by Crippen LogP contribution is -2.46. The van der Waals surface area contributed by atoms with E-state index < -0.39 is 0 Å². The smallest absolute Gasteiger partial charge is 0.221 e. The topological polar surface area (TPSA) is 64.3 Å². The van der Waals surface area contributed by atoms with Gasteiger partial charge in [0.1, 0.15) is 0 Å². The molecule has 0 radical (unpaired) electrons. The quantitative estimate of drug-likeness (QED) is 0.816. The van der Waals surface area contributed by atoms with E-state index in [0.29, 0.717) is 13.0 Å². The number of hydrogen-bond donors (Lipinski definition) is 2. The molecule has 0 saturated carbocycles. The van der Waals surface area contributed by atoms with Crippen LogP contribution in [0.5, 0.6) is 0 Å². The fourth-order valence-electron chi connectivity index (χ4n) is 2.37. The summed E-state index contributed by atoms with van der Waals surface area (Å²) in [5.74, 6) is 0.267. The van der Waals surface area contributed by atoms with Crippen LogP contribution in [-0.4, -0.2) is 24.7 Å². The molecule has 0 spiro atoms. The largest absolute Gasteiger partial charge is 0.399 e. The Bertz CT molecular complexity index is 436. The molecule has 0 aromatic heterocycles. The number of carbonyl (C=O) groups is 1. The highest BCUT2D eigenvalue weighted by atomic mass is 16.5. The fourth-order valence-corrected chi connectivity index (χ4v) is 2.37. The van der Waals surface area contributed by atoms with E-state index in [1.807, 2.05) is 31.2 Å². The molecule has 1 saturated heterocycles. The Balaban J connectivity index is 1.89. The summed E-state index contributed by atoms with van der Waals surface area (Å²) in [6.07, 6.45) is 1.37. The Morgan fingerprint density at radius 1 is 1.47 bits per heavy atom. The van der Waals surface area contributed by atoms with Crippen LogP contribution in [0.15, 0.2) is 24.3 Å². The summed E-state index contributed by atoms with van der Waals surface area (Å²) < 4.78 is 5.34. The first-order valence-corrected chi connectivity index (χ1v) is 6.73. The number of amides is 1. The average molecular weight is 262 g/mol. The zero-order valence-electron chi connectivity index (χ0n) is 11.6. The molecule has 1 heterocycles. The molecule has 0 aliphatic carbocycles. The first-order chi connectivity index (χ1) is 8.98. The fraction of sp³-hybridized carbons (Fsp3) is 0.533. The van der Waals surface area contributed by atoms with E-state index in [2.05, 4.69) is 12.2 Å². The zero-order valence-corrected chi connectivity index (χ0v) is 11.6. The first kappa shape index (κ1) is 13.9. The molecule has 1 amide bonds. The second-order valence-electron chi connectivity index (χ2n) is 5.68. The van der Waals surface area contributed by atoms with E-state index in [9.17, 15) is 4.79 Å². The second-order valence-corrected chi connectivity index (χ2v) is 5.68. The van der Waals surface area contributed by atoms with Gasteiger partial charge in [-0.15, -0.1) is 0 Å². The van der Waals surface area contributed by atoms with E-state index in [1.165, 1.54) is 0 Å². The minimum Gasteiger partial charge on any atom is -0.399 e. The number of anilines is 1. The van der Waals surface area contributed by atoms with Crippen LogP contribution in [0.4, 0.5) is 5.69 Å². The summed E-state index contributed by atoms with van der Waals surface area (Å²) in [6, 6.07) is 7.70. The molecule has 1 aliphatic rings. The minimum atomic E-state index is -0.197. The molecular formula is C15H22N2O2. The Morgan fingerprint density at radius 3 is 2.74 bits per heavy atom. The van der Waals surface area contributed by atoms with Gasteiger partial charge in [0.15, 0.2) is 0 Å². The third-order valence-electron chi connectivity index (χ3n) is 3.66. The molecule has 1 aromatic carbocycles. The first-order valence-electron chi connectivity index (χ1n) is 6.73. The van der Waals surface area contributed by atoms with Gasteiger partial charge < -0.3 is 15.8 Å². The summed E-state index contributed by atoms with van der Waals surface area (Å²) in [4.78, 5) is 12.1. The number of carbonyl (C=O) groups excluding carboxylic acids is 1. The van der Waals surface area contributed by atoms with Crippen molar-refractivity contribution >= 4 is 11.6 Å². The van der Waals surface area contributed by atoms with Gasteiger partial charge in [0.05, 0.1) is 12.1 Å². The number of hydrogen-bond acceptors (Lipinski definition) is 3. The highest BCUT2D eigenvalue weighted by molar-refractivity contribution is 5.77. The highest BCUT2D eigenvalue weighted by Gasteiger charge is 2.31. The molecule has 104 valence electrons.